The number of methoxy groups -OCH3 is 1. The summed E-state index contributed by atoms with van der Waals surface area (Å²) >= 11 is 0. The average Bonchev–Trinajstić information content (AvgIpc) is 2.33. The Labute approximate surface area is 93.0 Å². The van der Waals surface area contributed by atoms with Crippen LogP contribution in [0.15, 0.2) is 24.9 Å². The summed E-state index contributed by atoms with van der Waals surface area (Å²) in [5, 5.41) is 0. The number of allylic oxidation sites excluding steroid dienone is 1. The summed E-state index contributed by atoms with van der Waals surface area (Å²) in [6.07, 6.45) is 2.04. The van der Waals surface area contributed by atoms with Crippen molar-refractivity contribution in [3.8, 4) is 0 Å². The third-order valence-electron chi connectivity index (χ3n) is 2.85. The highest BCUT2D eigenvalue weighted by molar-refractivity contribution is 5.85. The smallest absolute Gasteiger partial charge is 0.348 e. The minimum absolute atomic E-state index is 0.0667. The molecule has 1 aliphatic rings. The average molecular weight is 221 g/mol. The van der Waals surface area contributed by atoms with Crippen LogP contribution in [0.1, 0.15) is 24.1 Å². The number of pyridine rings is 1. The molecule has 1 aromatic heterocycles. The van der Waals surface area contributed by atoms with E-state index in [2.05, 4.69) is 16.3 Å². The van der Waals surface area contributed by atoms with Gasteiger partial charge < -0.3 is 4.74 Å². The van der Waals surface area contributed by atoms with Gasteiger partial charge in [0.25, 0.3) is 0 Å². The van der Waals surface area contributed by atoms with E-state index in [1.54, 1.807) is 18.3 Å². The molecule has 84 valence electrons. The molecule has 4 heteroatoms. The monoisotopic (exact) mass is 221 g/mol. The first-order chi connectivity index (χ1) is 7.59. The maximum Gasteiger partial charge on any atom is 0.348 e. The van der Waals surface area contributed by atoms with E-state index in [1.807, 2.05) is 0 Å². The maximum absolute atomic E-state index is 14.6. The SMILES string of the molecule is C=C1CC[C@](F)(C(=O)OC)c2cccnc21. The second-order valence-corrected chi connectivity index (χ2v) is 3.80. The third-order valence-corrected chi connectivity index (χ3v) is 2.85. The molecule has 0 aliphatic heterocycles. The fourth-order valence-electron chi connectivity index (χ4n) is 1.96. The van der Waals surface area contributed by atoms with Gasteiger partial charge in [0.15, 0.2) is 0 Å². The number of fused-ring (bicyclic) bond motifs is 1. The molecule has 0 bridgehead atoms. The van der Waals surface area contributed by atoms with Gasteiger partial charge in [0.05, 0.1) is 12.8 Å². The van der Waals surface area contributed by atoms with Gasteiger partial charge in [-0.1, -0.05) is 12.6 Å². The van der Waals surface area contributed by atoms with Crippen LogP contribution in [0.25, 0.3) is 5.57 Å². The minimum atomic E-state index is -2.08. The molecule has 0 saturated heterocycles. The van der Waals surface area contributed by atoms with Crippen LogP contribution in [-0.4, -0.2) is 18.1 Å². The normalized spacial score (nSPS) is 23.8. The molecule has 1 heterocycles. The molecule has 0 spiro atoms. The van der Waals surface area contributed by atoms with E-state index in [0.29, 0.717) is 12.1 Å². The highest BCUT2D eigenvalue weighted by Crippen LogP contribution is 2.42. The molecular formula is C12H12FNO2. The van der Waals surface area contributed by atoms with Crippen LogP contribution < -0.4 is 0 Å². The van der Waals surface area contributed by atoms with Crippen molar-refractivity contribution in [1.82, 2.24) is 4.98 Å². The van der Waals surface area contributed by atoms with Crippen molar-refractivity contribution in [2.75, 3.05) is 7.11 Å². The zero-order valence-electron chi connectivity index (χ0n) is 9.00. The van der Waals surface area contributed by atoms with E-state index in [4.69, 9.17) is 0 Å². The fourth-order valence-corrected chi connectivity index (χ4v) is 1.96. The van der Waals surface area contributed by atoms with Crippen molar-refractivity contribution in [2.45, 2.75) is 18.5 Å². The second kappa shape index (κ2) is 3.70. The van der Waals surface area contributed by atoms with Crippen molar-refractivity contribution in [3.05, 3.63) is 36.2 Å². The number of halogens is 1. The molecule has 0 unspecified atom stereocenters. The van der Waals surface area contributed by atoms with E-state index >= 15 is 0 Å². The number of carbonyl (C=O) groups is 1. The van der Waals surface area contributed by atoms with E-state index in [-0.39, 0.29) is 12.0 Å². The van der Waals surface area contributed by atoms with Gasteiger partial charge in [0.2, 0.25) is 5.67 Å². The van der Waals surface area contributed by atoms with E-state index in [0.717, 1.165) is 5.57 Å². The number of esters is 1. The molecule has 0 amide bonds. The Bertz CT molecular complexity index is 458. The van der Waals surface area contributed by atoms with Crippen LogP contribution in [0.3, 0.4) is 0 Å². The summed E-state index contributed by atoms with van der Waals surface area (Å²) in [6.45, 7) is 3.82. The van der Waals surface area contributed by atoms with Gasteiger partial charge in [-0.2, -0.15) is 0 Å². The van der Waals surface area contributed by atoms with Gasteiger partial charge in [-0.25, -0.2) is 9.18 Å². The van der Waals surface area contributed by atoms with E-state index in [1.165, 1.54) is 7.11 Å². The molecule has 0 saturated carbocycles. The highest BCUT2D eigenvalue weighted by Gasteiger charge is 2.46. The zero-order chi connectivity index (χ0) is 11.8. The summed E-state index contributed by atoms with van der Waals surface area (Å²) in [5.74, 6) is -0.866. The Morgan fingerprint density at radius 1 is 1.69 bits per heavy atom. The third kappa shape index (κ3) is 1.41. The number of aromatic nitrogens is 1. The summed E-state index contributed by atoms with van der Waals surface area (Å²) in [7, 11) is 1.18. The summed E-state index contributed by atoms with van der Waals surface area (Å²) < 4.78 is 19.1. The quantitative estimate of drug-likeness (QED) is 0.682. The van der Waals surface area contributed by atoms with Crippen LogP contribution in [0.5, 0.6) is 0 Å². The van der Waals surface area contributed by atoms with Crippen LogP contribution in [0, 0.1) is 0 Å². The molecule has 0 aromatic carbocycles. The van der Waals surface area contributed by atoms with Gasteiger partial charge >= 0.3 is 5.97 Å². The molecule has 16 heavy (non-hydrogen) atoms. The Morgan fingerprint density at radius 2 is 2.44 bits per heavy atom. The minimum Gasteiger partial charge on any atom is -0.466 e. The lowest BCUT2D eigenvalue weighted by molar-refractivity contribution is -0.156. The lowest BCUT2D eigenvalue weighted by Gasteiger charge is -2.29. The molecule has 2 rings (SSSR count). The summed E-state index contributed by atoms with van der Waals surface area (Å²) in [6, 6.07) is 3.16. The lowest BCUT2D eigenvalue weighted by atomic mass is 9.81. The van der Waals surface area contributed by atoms with Gasteiger partial charge in [0, 0.05) is 18.2 Å². The molecule has 3 nitrogen and oxygen atoms in total. The highest BCUT2D eigenvalue weighted by atomic mass is 19.1. The fraction of sp³-hybridized carbons (Fsp3) is 0.333. The topological polar surface area (TPSA) is 39.2 Å². The number of alkyl halides is 1. The Morgan fingerprint density at radius 3 is 3.12 bits per heavy atom. The molecule has 1 aromatic rings. The number of carbonyl (C=O) groups excluding carboxylic acids is 1. The van der Waals surface area contributed by atoms with Gasteiger partial charge in [-0.15, -0.1) is 0 Å². The number of rotatable bonds is 1. The molecule has 0 N–H and O–H groups in total. The predicted octanol–water partition coefficient (Wildman–Crippen LogP) is 2.23. The van der Waals surface area contributed by atoms with Crippen molar-refractivity contribution in [1.29, 1.82) is 0 Å². The molecule has 1 atom stereocenters. The Hall–Kier alpha value is -1.71. The van der Waals surface area contributed by atoms with Crippen LogP contribution >= 0.6 is 0 Å². The number of hydrogen-bond acceptors (Lipinski definition) is 3. The molecule has 0 fully saturated rings. The van der Waals surface area contributed by atoms with Crippen molar-refractivity contribution in [3.63, 3.8) is 0 Å². The van der Waals surface area contributed by atoms with Gasteiger partial charge in [-0.3, -0.25) is 4.98 Å². The predicted molar refractivity (Wildman–Crippen MR) is 57.3 cm³/mol. The molecule has 0 radical (unpaired) electrons. The Kier molecular flexibility index (Phi) is 2.50. The summed E-state index contributed by atoms with van der Waals surface area (Å²) in [5.41, 5.74) is -0.591. The molecular weight excluding hydrogens is 209 g/mol. The van der Waals surface area contributed by atoms with Gasteiger partial charge in [-0.05, 0) is 18.1 Å². The zero-order valence-corrected chi connectivity index (χ0v) is 9.00. The Balaban J connectivity index is 2.57. The first-order valence-electron chi connectivity index (χ1n) is 5.00. The number of hydrogen-bond donors (Lipinski definition) is 0. The second-order valence-electron chi connectivity index (χ2n) is 3.80. The maximum atomic E-state index is 14.6. The van der Waals surface area contributed by atoms with Crippen molar-refractivity contribution >= 4 is 11.5 Å². The number of nitrogens with zero attached hydrogens (tertiary/aromatic N) is 1. The number of ether oxygens (including phenoxy) is 1. The summed E-state index contributed by atoms with van der Waals surface area (Å²) in [4.78, 5) is 15.6. The largest absolute Gasteiger partial charge is 0.466 e. The standard InChI is InChI=1S/C12H12FNO2/c1-8-5-6-12(13,11(15)16-2)9-4-3-7-14-10(8)9/h3-4,7H,1,5-6H2,2H3/t12-/m1/s1. The van der Waals surface area contributed by atoms with Crippen LogP contribution in [0.2, 0.25) is 0 Å². The lowest BCUT2D eigenvalue weighted by Crippen LogP contribution is -2.35. The van der Waals surface area contributed by atoms with Crippen molar-refractivity contribution in [2.24, 2.45) is 0 Å². The van der Waals surface area contributed by atoms with Crippen LogP contribution in [-0.2, 0) is 15.2 Å². The van der Waals surface area contributed by atoms with E-state index in [9.17, 15) is 9.18 Å². The first kappa shape index (κ1) is 10.8. The van der Waals surface area contributed by atoms with Crippen molar-refractivity contribution < 1.29 is 13.9 Å². The van der Waals surface area contributed by atoms with Gasteiger partial charge in [0.1, 0.15) is 0 Å². The molecule has 1 aliphatic carbocycles. The van der Waals surface area contributed by atoms with E-state index < -0.39 is 11.6 Å². The van der Waals surface area contributed by atoms with Crippen LogP contribution in [0.4, 0.5) is 4.39 Å². The first-order valence-corrected chi connectivity index (χ1v) is 5.00.